The van der Waals surface area contributed by atoms with E-state index in [1.165, 1.54) is 0 Å². The highest BCUT2D eigenvalue weighted by Crippen LogP contribution is 2.26. The van der Waals surface area contributed by atoms with Crippen LogP contribution in [0.25, 0.3) is 0 Å². The lowest BCUT2D eigenvalue weighted by Gasteiger charge is -2.36. The number of hydrogen-bond acceptors (Lipinski definition) is 4. The van der Waals surface area contributed by atoms with Gasteiger partial charge in [0, 0.05) is 45.3 Å². The lowest BCUT2D eigenvalue weighted by Crippen LogP contribution is -2.52. The highest BCUT2D eigenvalue weighted by Gasteiger charge is 2.33. The summed E-state index contributed by atoms with van der Waals surface area (Å²) in [6, 6.07) is 6.15. The van der Waals surface area contributed by atoms with Crippen LogP contribution >= 0.6 is 0 Å². The van der Waals surface area contributed by atoms with Gasteiger partial charge in [0.05, 0.1) is 6.54 Å². The van der Waals surface area contributed by atoms with Gasteiger partial charge in [-0.2, -0.15) is 0 Å². The van der Waals surface area contributed by atoms with E-state index in [4.69, 9.17) is 0 Å². The van der Waals surface area contributed by atoms with Crippen LogP contribution in [0.5, 0.6) is 0 Å². The van der Waals surface area contributed by atoms with Gasteiger partial charge < -0.3 is 14.7 Å². The first-order valence-corrected chi connectivity index (χ1v) is 7.86. The molecule has 0 spiro atoms. The van der Waals surface area contributed by atoms with Crippen molar-refractivity contribution in [2.45, 2.75) is 25.8 Å². The van der Waals surface area contributed by atoms with Crippen molar-refractivity contribution >= 4 is 17.6 Å². The molecule has 1 aliphatic heterocycles. The van der Waals surface area contributed by atoms with Gasteiger partial charge in [0.2, 0.25) is 11.8 Å². The minimum absolute atomic E-state index is 0.00275. The number of piperazine rings is 1. The average Bonchev–Trinajstić information content (AvgIpc) is 3.38. The molecule has 3 rings (SSSR count). The Morgan fingerprint density at radius 3 is 2.50 bits per heavy atom. The van der Waals surface area contributed by atoms with E-state index in [9.17, 15) is 9.59 Å². The topological polar surface area (TPSA) is 56.8 Å². The van der Waals surface area contributed by atoms with Crippen LogP contribution in [0.3, 0.4) is 0 Å². The van der Waals surface area contributed by atoms with E-state index in [0.717, 1.165) is 31.7 Å². The zero-order valence-corrected chi connectivity index (χ0v) is 12.9. The molecular weight excluding hydrogens is 280 g/mol. The Morgan fingerprint density at radius 2 is 1.95 bits per heavy atom. The zero-order chi connectivity index (χ0) is 15.5. The van der Waals surface area contributed by atoms with E-state index < -0.39 is 0 Å². The summed E-state index contributed by atoms with van der Waals surface area (Å²) in [5, 5.41) is 0. The van der Waals surface area contributed by atoms with Gasteiger partial charge in [0.25, 0.3) is 0 Å². The van der Waals surface area contributed by atoms with E-state index in [2.05, 4.69) is 9.88 Å². The normalized spacial score (nSPS) is 18.2. The van der Waals surface area contributed by atoms with Gasteiger partial charge in [0.1, 0.15) is 5.82 Å². The van der Waals surface area contributed by atoms with E-state index in [1.807, 2.05) is 23.1 Å². The molecular formula is C16H22N4O2. The first kappa shape index (κ1) is 14.8. The molecule has 0 radical (unpaired) electrons. The fourth-order valence-electron chi connectivity index (χ4n) is 2.86. The molecule has 0 aromatic carbocycles. The summed E-state index contributed by atoms with van der Waals surface area (Å²) in [4.78, 5) is 34.1. The predicted molar refractivity (Wildman–Crippen MR) is 83.4 cm³/mol. The minimum Gasteiger partial charge on any atom is -0.353 e. The van der Waals surface area contributed by atoms with Crippen LogP contribution in [0.2, 0.25) is 0 Å². The Bertz CT molecular complexity index is 536. The fourth-order valence-corrected chi connectivity index (χ4v) is 2.86. The van der Waals surface area contributed by atoms with Gasteiger partial charge in [-0.25, -0.2) is 4.98 Å². The van der Waals surface area contributed by atoms with Crippen molar-refractivity contribution in [2.75, 3.05) is 37.6 Å². The molecule has 0 N–H and O–H groups in total. The molecule has 2 fully saturated rings. The molecule has 22 heavy (non-hydrogen) atoms. The van der Waals surface area contributed by atoms with Gasteiger partial charge in [-0.3, -0.25) is 9.59 Å². The van der Waals surface area contributed by atoms with Crippen LogP contribution in [-0.2, 0) is 9.59 Å². The van der Waals surface area contributed by atoms with Gasteiger partial charge in [-0.1, -0.05) is 6.07 Å². The second kappa shape index (κ2) is 6.34. The van der Waals surface area contributed by atoms with Crippen LogP contribution in [0, 0.1) is 0 Å². The quantitative estimate of drug-likeness (QED) is 0.823. The number of nitrogens with zero attached hydrogens (tertiary/aromatic N) is 4. The smallest absolute Gasteiger partial charge is 0.242 e. The molecule has 6 nitrogen and oxygen atoms in total. The summed E-state index contributed by atoms with van der Waals surface area (Å²) in [6.45, 7) is 4.71. The standard InChI is InChI=1S/C16H22N4O2/c1-13(21)20(14-5-6-14)12-16(22)19-10-8-18(9-11-19)15-4-2-3-7-17-15/h2-4,7,14H,5-6,8-12H2,1H3. The summed E-state index contributed by atoms with van der Waals surface area (Å²) in [5.41, 5.74) is 0. The van der Waals surface area contributed by atoms with E-state index >= 15 is 0 Å². The van der Waals surface area contributed by atoms with Crippen molar-refractivity contribution in [3.63, 3.8) is 0 Å². The first-order valence-electron chi connectivity index (χ1n) is 7.86. The molecule has 1 aromatic heterocycles. The molecule has 0 atom stereocenters. The van der Waals surface area contributed by atoms with Crippen LogP contribution in [0.1, 0.15) is 19.8 Å². The number of rotatable bonds is 4. The number of amides is 2. The summed E-state index contributed by atoms with van der Waals surface area (Å²) in [5.74, 6) is 1.02. The molecule has 2 aliphatic rings. The lowest BCUT2D eigenvalue weighted by atomic mass is 10.3. The molecule has 1 aliphatic carbocycles. The average molecular weight is 302 g/mol. The maximum Gasteiger partial charge on any atom is 0.242 e. The third-order valence-corrected chi connectivity index (χ3v) is 4.30. The van der Waals surface area contributed by atoms with Crippen LogP contribution in [-0.4, -0.2) is 65.4 Å². The Labute approximate surface area is 130 Å². The SMILES string of the molecule is CC(=O)N(CC(=O)N1CCN(c2ccccn2)CC1)C1CC1. The van der Waals surface area contributed by atoms with Gasteiger partial charge in [-0.05, 0) is 25.0 Å². The molecule has 1 saturated heterocycles. The molecule has 118 valence electrons. The number of carbonyl (C=O) groups excluding carboxylic acids is 2. The van der Waals surface area contributed by atoms with Gasteiger partial charge >= 0.3 is 0 Å². The first-order chi connectivity index (χ1) is 10.6. The van der Waals surface area contributed by atoms with Crippen molar-refractivity contribution in [3.8, 4) is 0 Å². The monoisotopic (exact) mass is 302 g/mol. The Balaban J connectivity index is 1.52. The summed E-state index contributed by atoms with van der Waals surface area (Å²) < 4.78 is 0. The van der Waals surface area contributed by atoms with Crippen molar-refractivity contribution in [3.05, 3.63) is 24.4 Å². The predicted octanol–water partition coefficient (Wildman–Crippen LogP) is 0.741. The van der Waals surface area contributed by atoms with Gasteiger partial charge in [0.15, 0.2) is 0 Å². The second-order valence-corrected chi connectivity index (χ2v) is 5.93. The van der Waals surface area contributed by atoms with Crippen LogP contribution in [0.15, 0.2) is 24.4 Å². The molecule has 0 unspecified atom stereocenters. The largest absolute Gasteiger partial charge is 0.353 e. The number of aromatic nitrogens is 1. The van der Waals surface area contributed by atoms with Gasteiger partial charge in [-0.15, -0.1) is 0 Å². The Kier molecular flexibility index (Phi) is 4.27. The number of pyridine rings is 1. The summed E-state index contributed by atoms with van der Waals surface area (Å²) >= 11 is 0. The highest BCUT2D eigenvalue weighted by molar-refractivity contribution is 5.84. The number of anilines is 1. The summed E-state index contributed by atoms with van der Waals surface area (Å²) in [7, 11) is 0. The fraction of sp³-hybridized carbons (Fsp3) is 0.562. The van der Waals surface area contributed by atoms with Crippen molar-refractivity contribution in [1.82, 2.24) is 14.8 Å². The molecule has 0 bridgehead atoms. The maximum absolute atomic E-state index is 12.4. The van der Waals surface area contributed by atoms with E-state index in [0.29, 0.717) is 13.1 Å². The zero-order valence-electron chi connectivity index (χ0n) is 12.9. The minimum atomic E-state index is 0.00275. The molecule has 2 amide bonds. The molecule has 1 aromatic rings. The highest BCUT2D eigenvalue weighted by atomic mass is 16.2. The molecule has 6 heteroatoms. The third kappa shape index (κ3) is 3.37. The second-order valence-electron chi connectivity index (χ2n) is 5.93. The Morgan fingerprint density at radius 1 is 1.23 bits per heavy atom. The molecule has 1 saturated carbocycles. The van der Waals surface area contributed by atoms with Crippen molar-refractivity contribution in [2.24, 2.45) is 0 Å². The van der Waals surface area contributed by atoms with Crippen LogP contribution < -0.4 is 4.90 Å². The number of hydrogen-bond donors (Lipinski definition) is 0. The Hall–Kier alpha value is -2.11. The lowest BCUT2D eigenvalue weighted by molar-refractivity contribution is -0.140. The van der Waals surface area contributed by atoms with Crippen molar-refractivity contribution in [1.29, 1.82) is 0 Å². The summed E-state index contributed by atoms with van der Waals surface area (Å²) in [6.07, 6.45) is 3.84. The number of carbonyl (C=O) groups is 2. The van der Waals surface area contributed by atoms with Crippen LogP contribution in [0.4, 0.5) is 5.82 Å². The third-order valence-electron chi connectivity index (χ3n) is 4.30. The molecule has 2 heterocycles. The van der Waals surface area contributed by atoms with Crippen molar-refractivity contribution < 1.29 is 9.59 Å². The van der Waals surface area contributed by atoms with E-state index in [-0.39, 0.29) is 24.4 Å². The van der Waals surface area contributed by atoms with E-state index in [1.54, 1.807) is 18.0 Å². The maximum atomic E-state index is 12.4.